The third-order valence-corrected chi connectivity index (χ3v) is 5.95. The summed E-state index contributed by atoms with van der Waals surface area (Å²) in [5, 5.41) is 9.06. The van der Waals surface area contributed by atoms with Crippen LogP contribution in [0.4, 0.5) is 0 Å². The molecule has 0 spiro atoms. The van der Waals surface area contributed by atoms with E-state index in [-0.39, 0.29) is 5.56 Å². The van der Waals surface area contributed by atoms with Gasteiger partial charge in [0.1, 0.15) is 10.8 Å². The maximum Gasteiger partial charge on any atom is 0.330 e. The molecule has 0 amide bonds. The van der Waals surface area contributed by atoms with Crippen molar-refractivity contribution in [2.24, 2.45) is 0 Å². The standard InChI is InChI=1S/C16H22N6O2S2/c1-4-6-8-22-13-12(14(23)18-15(22)24)21(7-5-2)11(17-13)9-25-16-20-19-10(3)26-16/h4-9H2,1-3H3,(H,18,23,24). The topological polar surface area (TPSA) is 98.5 Å². The quantitative estimate of drug-likeness (QED) is 0.590. The molecule has 0 aliphatic heterocycles. The molecule has 3 rings (SSSR count). The Morgan fingerprint density at radius 1 is 1.12 bits per heavy atom. The van der Waals surface area contributed by atoms with E-state index in [1.807, 2.05) is 11.5 Å². The number of aromatic amines is 1. The molecule has 0 saturated heterocycles. The molecular weight excluding hydrogens is 372 g/mol. The number of imidazole rings is 1. The van der Waals surface area contributed by atoms with Crippen LogP contribution in [-0.4, -0.2) is 29.3 Å². The molecule has 0 aliphatic carbocycles. The number of rotatable bonds is 8. The van der Waals surface area contributed by atoms with E-state index in [4.69, 9.17) is 0 Å². The van der Waals surface area contributed by atoms with Crippen LogP contribution >= 0.6 is 23.1 Å². The number of aromatic nitrogens is 6. The zero-order chi connectivity index (χ0) is 18.7. The molecule has 1 N–H and O–H groups in total. The van der Waals surface area contributed by atoms with Crippen molar-refractivity contribution >= 4 is 34.3 Å². The lowest BCUT2D eigenvalue weighted by Gasteiger charge is -2.07. The predicted molar refractivity (Wildman–Crippen MR) is 104 cm³/mol. The lowest BCUT2D eigenvalue weighted by molar-refractivity contribution is 0.612. The van der Waals surface area contributed by atoms with E-state index in [1.54, 1.807) is 16.3 Å². The minimum Gasteiger partial charge on any atom is -0.321 e. The number of hydrogen-bond acceptors (Lipinski definition) is 7. The van der Waals surface area contributed by atoms with Gasteiger partial charge < -0.3 is 4.57 Å². The zero-order valence-corrected chi connectivity index (χ0v) is 16.7. The molecule has 26 heavy (non-hydrogen) atoms. The van der Waals surface area contributed by atoms with Crippen molar-refractivity contribution in [1.82, 2.24) is 29.3 Å². The maximum absolute atomic E-state index is 12.5. The summed E-state index contributed by atoms with van der Waals surface area (Å²) >= 11 is 3.08. The Morgan fingerprint density at radius 2 is 1.92 bits per heavy atom. The van der Waals surface area contributed by atoms with Crippen LogP contribution in [0, 0.1) is 6.92 Å². The average molecular weight is 395 g/mol. The van der Waals surface area contributed by atoms with Gasteiger partial charge in [0.05, 0.1) is 5.75 Å². The van der Waals surface area contributed by atoms with E-state index in [2.05, 4.69) is 34.0 Å². The number of nitrogens with one attached hydrogen (secondary N) is 1. The summed E-state index contributed by atoms with van der Waals surface area (Å²) in [6.07, 6.45) is 2.69. The molecule has 8 nitrogen and oxygen atoms in total. The van der Waals surface area contributed by atoms with Crippen molar-refractivity contribution in [3.05, 3.63) is 31.7 Å². The molecule has 0 atom stereocenters. The molecule has 0 bridgehead atoms. The van der Waals surface area contributed by atoms with Crippen molar-refractivity contribution in [3.63, 3.8) is 0 Å². The van der Waals surface area contributed by atoms with Gasteiger partial charge in [0, 0.05) is 13.1 Å². The van der Waals surface area contributed by atoms with Crippen LogP contribution in [-0.2, 0) is 18.8 Å². The maximum atomic E-state index is 12.5. The fraction of sp³-hybridized carbons (Fsp3) is 0.562. The zero-order valence-electron chi connectivity index (χ0n) is 15.1. The molecule has 3 aromatic rings. The first-order chi connectivity index (χ1) is 12.5. The van der Waals surface area contributed by atoms with E-state index < -0.39 is 5.69 Å². The molecule has 0 aliphatic rings. The van der Waals surface area contributed by atoms with Crippen molar-refractivity contribution in [3.8, 4) is 0 Å². The van der Waals surface area contributed by atoms with Crippen molar-refractivity contribution in [1.29, 1.82) is 0 Å². The third-order valence-electron chi connectivity index (χ3n) is 3.98. The molecule has 3 heterocycles. The SMILES string of the molecule is CCCCn1c(=O)[nH]c(=O)c2c1nc(CSc1nnc(C)s1)n2CCC. The lowest BCUT2D eigenvalue weighted by Crippen LogP contribution is -2.31. The van der Waals surface area contributed by atoms with Gasteiger partial charge in [-0.15, -0.1) is 10.2 Å². The Bertz CT molecular complexity index is 1020. The molecule has 0 radical (unpaired) electrons. The van der Waals surface area contributed by atoms with Crippen LogP contribution in [0.2, 0.25) is 0 Å². The monoisotopic (exact) mass is 394 g/mol. The second-order valence-corrected chi connectivity index (χ2v) is 8.40. The normalized spacial score (nSPS) is 11.5. The highest BCUT2D eigenvalue weighted by Gasteiger charge is 2.18. The smallest absolute Gasteiger partial charge is 0.321 e. The number of hydrogen-bond donors (Lipinski definition) is 1. The Kier molecular flexibility index (Phi) is 5.92. The summed E-state index contributed by atoms with van der Waals surface area (Å²) < 4.78 is 4.38. The van der Waals surface area contributed by atoms with Gasteiger partial charge in [-0.2, -0.15) is 0 Å². The Labute approximate surface area is 158 Å². The van der Waals surface area contributed by atoms with E-state index in [1.165, 1.54) is 11.3 Å². The number of fused-ring (bicyclic) bond motifs is 1. The summed E-state index contributed by atoms with van der Waals surface area (Å²) in [4.78, 5) is 31.8. The molecule has 10 heteroatoms. The van der Waals surface area contributed by atoms with Crippen LogP contribution < -0.4 is 11.2 Å². The summed E-state index contributed by atoms with van der Waals surface area (Å²) in [6, 6.07) is 0. The van der Waals surface area contributed by atoms with Crippen LogP contribution in [0.3, 0.4) is 0 Å². The molecule has 3 aromatic heterocycles. The Balaban J connectivity index is 2.06. The van der Waals surface area contributed by atoms with Crippen LogP contribution in [0.5, 0.6) is 0 Å². The molecule has 0 unspecified atom stereocenters. The molecule has 0 saturated carbocycles. The van der Waals surface area contributed by atoms with E-state index in [0.29, 0.717) is 30.0 Å². The first-order valence-corrected chi connectivity index (χ1v) is 10.5. The molecule has 140 valence electrons. The van der Waals surface area contributed by atoms with E-state index in [9.17, 15) is 9.59 Å². The average Bonchev–Trinajstić information content (AvgIpc) is 3.17. The third kappa shape index (κ3) is 3.75. The lowest BCUT2D eigenvalue weighted by atomic mass is 10.3. The van der Waals surface area contributed by atoms with Crippen LogP contribution in [0.25, 0.3) is 11.2 Å². The first kappa shape index (κ1) is 18.8. The number of H-pyrrole nitrogens is 1. The van der Waals surface area contributed by atoms with Crippen LogP contribution in [0.15, 0.2) is 13.9 Å². The second-order valence-electron chi connectivity index (χ2n) is 5.99. The van der Waals surface area contributed by atoms with E-state index >= 15 is 0 Å². The molecule has 0 fully saturated rings. The van der Waals surface area contributed by atoms with E-state index in [0.717, 1.165) is 34.4 Å². The number of thioether (sulfide) groups is 1. The predicted octanol–water partition coefficient (Wildman–Crippen LogP) is 2.55. The fourth-order valence-electron chi connectivity index (χ4n) is 2.78. The summed E-state index contributed by atoms with van der Waals surface area (Å²) in [5.41, 5.74) is 0.189. The fourth-order valence-corrected chi connectivity index (χ4v) is 4.54. The summed E-state index contributed by atoms with van der Waals surface area (Å²) in [5.74, 6) is 1.35. The highest BCUT2D eigenvalue weighted by Crippen LogP contribution is 2.26. The number of nitrogens with zero attached hydrogens (tertiary/aromatic N) is 5. The largest absolute Gasteiger partial charge is 0.330 e. The molecule has 0 aromatic carbocycles. The van der Waals surface area contributed by atoms with Gasteiger partial charge in [0.25, 0.3) is 5.56 Å². The van der Waals surface area contributed by atoms with Gasteiger partial charge in [-0.05, 0) is 19.8 Å². The summed E-state index contributed by atoms with van der Waals surface area (Å²) in [6.45, 7) is 7.26. The molecular formula is C16H22N6O2S2. The number of aryl methyl sites for hydroxylation is 3. The minimum absolute atomic E-state index is 0.373. The number of unbranched alkanes of at least 4 members (excludes halogenated alkanes) is 1. The van der Waals surface area contributed by atoms with Crippen molar-refractivity contribution in [2.75, 3.05) is 0 Å². The van der Waals surface area contributed by atoms with Crippen molar-refractivity contribution < 1.29 is 0 Å². The minimum atomic E-state index is -0.393. The van der Waals surface area contributed by atoms with Gasteiger partial charge in [0.2, 0.25) is 0 Å². The first-order valence-electron chi connectivity index (χ1n) is 8.70. The Hall–Kier alpha value is -1.94. The van der Waals surface area contributed by atoms with Gasteiger partial charge in [-0.1, -0.05) is 43.4 Å². The highest BCUT2D eigenvalue weighted by molar-refractivity contribution is 8.00. The van der Waals surface area contributed by atoms with Gasteiger partial charge in [-0.3, -0.25) is 14.3 Å². The van der Waals surface area contributed by atoms with Crippen molar-refractivity contribution in [2.45, 2.75) is 63.2 Å². The van der Waals surface area contributed by atoms with Gasteiger partial charge in [0.15, 0.2) is 15.5 Å². The summed E-state index contributed by atoms with van der Waals surface area (Å²) in [7, 11) is 0. The highest BCUT2D eigenvalue weighted by atomic mass is 32.2. The second kappa shape index (κ2) is 8.17. The Morgan fingerprint density at radius 3 is 2.58 bits per heavy atom. The van der Waals surface area contributed by atoms with Gasteiger partial charge in [-0.25, -0.2) is 9.78 Å². The van der Waals surface area contributed by atoms with Gasteiger partial charge >= 0.3 is 5.69 Å². The van der Waals surface area contributed by atoms with Crippen LogP contribution in [0.1, 0.15) is 43.9 Å².